The van der Waals surface area contributed by atoms with Gasteiger partial charge in [-0.05, 0) is 17.7 Å². The molecule has 1 rings (SSSR count). The van der Waals surface area contributed by atoms with E-state index >= 15 is 0 Å². The third kappa shape index (κ3) is 2.37. The van der Waals surface area contributed by atoms with Gasteiger partial charge in [0.2, 0.25) is 0 Å². The van der Waals surface area contributed by atoms with Gasteiger partial charge in [0.15, 0.2) is 0 Å². The fraction of sp³-hybridized carbons (Fsp3) is 0.250. The lowest BCUT2D eigenvalue weighted by molar-refractivity contribution is 0.185. The average molecular weight is 191 g/mol. The molecular formula is C8H8Cl2O. The topological polar surface area (TPSA) is 9.23 Å². The highest BCUT2D eigenvalue weighted by Gasteiger charge is 1.98. The maximum atomic E-state index is 5.84. The van der Waals surface area contributed by atoms with E-state index in [2.05, 4.69) is 0 Å². The van der Waals surface area contributed by atoms with Crippen molar-refractivity contribution in [1.29, 1.82) is 0 Å². The zero-order valence-corrected chi connectivity index (χ0v) is 7.62. The van der Waals surface area contributed by atoms with Crippen molar-refractivity contribution in [2.75, 3.05) is 7.11 Å². The average Bonchev–Trinajstić information content (AvgIpc) is 1.95. The summed E-state index contributed by atoms with van der Waals surface area (Å²) >= 11 is 11.5. The molecule has 0 saturated heterocycles. The zero-order chi connectivity index (χ0) is 8.27. The summed E-state index contributed by atoms with van der Waals surface area (Å²) in [6.45, 7) is 0.524. The van der Waals surface area contributed by atoms with Crippen LogP contribution in [0.5, 0.6) is 0 Å². The van der Waals surface area contributed by atoms with Gasteiger partial charge in [-0.15, -0.1) is 0 Å². The van der Waals surface area contributed by atoms with Crippen LogP contribution in [-0.4, -0.2) is 7.11 Å². The highest BCUT2D eigenvalue weighted by molar-refractivity contribution is 6.35. The predicted molar refractivity (Wildman–Crippen MR) is 47.2 cm³/mol. The van der Waals surface area contributed by atoms with Gasteiger partial charge in [0, 0.05) is 17.2 Å². The van der Waals surface area contributed by atoms with Crippen molar-refractivity contribution >= 4 is 23.2 Å². The first kappa shape index (κ1) is 8.85. The van der Waals surface area contributed by atoms with Gasteiger partial charge in [-0.25, -0.2) is 0 Å². The highest BCUT2D eigenvalue weighted by atomic mass is 35.5. The fourth-order valence-electron chi connectivity index (χ4n) is 0.794. The van der Waals surface area contributed by atoms with Crippen molar-refractivity contribution in [3.8, 4) is 0 Å². The van der Waals surface area contributed by atoms with Gasteiger partial charge in [-0.3, -0.25) is 0 Å². The Morgan fingerprint density at radius 2 is 2.09 bits per heavy atom. The number of hydrogen-bond acceptors (Lipinski definition) is 1. The van der Waals surface area contributed by atoms with Gasteiger partial charge in [-0.2, -0.15) is 0 Å². The van der Waals surface area contributed by atoms with E-state index in [1.807, 2.05) is 6.07 Å². The van der Waals surface area contributed by atoms with Crippen molar-refractivity contribution in [2.24, 2.45) is 0 Å². The minimum Gasteiger partial charge on any atom is -0.380 e. The molecule has 1 nitrogen and oxygen atoms in total. The van der Waals surface area contributed by atoms with E-state index in [0.29, 0.717) is 16.7 Å². The largest absolute Gasteiger partial charge is 0.380 e. The maximum absolute atomic E-state index is 5.84. The molecule has 0 atom stereocenters. The van der Waals surface area contributed by atoms with Crippen LogP contribution in [0.15, 0.2) is 18.2 Å². The summed E-state index contributed by atoms with van der Waals surface area (Å²) in [6, 6.07) is 5.35. The Kier molecular flexibility index (Phi) is 3.18. The molecule has 1 aromatic rings. The molecule has 0 fully saturated rings. The first-order valence-corrected chi connectivity index (χ1v) is 3.92. The van der Waals surface area contributed by atoms with Crippen molar-refractivity contribution < 1.29 is 4.74 Å². The van der Waals surface area contributed by atoms with E-state index in [9.17, 15) is 0 Å². The van der Waals surface area contributed by atoms with Gasteiger partial charge >= 0.3 is 0 Å². The molecule has 0 aromatic heterocycles. The fourth-order valence-corrected chi connectivity index (χ4v) is 1.26. The van der Waals surface area contributed by atoms with E-state index in [0.717, 1.165) is 5.56 Å². The second-order valence-corrected chi connectivity index (χ2v) is 3.01. The summed E-state index contributed by atoms with van der Waals surface area (Å²) < 4.78 is 4.92. The summed E-state index contributed by atoms with van der Waals surface area (Å²) in [5, 5.41) is 1.30. The second kappa shape index (κ2) is 3.96. The number of methoxy groups -OCH3 is 1. The Bertz CT molecular complexity index is 248. The highest BCUT2D eigenvalue weighted by Crippen LogP contribution is 2.21. The monoisotopic (exact) mass is 190 g/mol. The van der Waals surface area contributed by atoms with E-state index in [-0.39, 0.29) is 0 Å². The van der Waals surface area contributed by atoms with Crippen LogP contribution in [0.25, 0.3) is 0 Å². The van der Waals surface area contributed by atoms with Gasteiger partial charge < -0.3 is 4.74 Å². The van der Waals surface area contributed by atoms with Crippen LogP contribution in [0.1, 0.15) is 5.56 Å². The lowest BCUT2D eigenvalue weighted by Crippen LogP contribution is -1.87. The van der Waals surface area contributed by atoms with Crippen molar-refractivity contribution in [1.82, 2.24) is 0 Å². The van der Waals surface area contributed by atoms with Crippen LogP contribution in [0.2, 0.25) is 10.0 Å². The van der Waals surface area contributed by atoms with E-state index in [1.165, 1.54) is 0 Å². The molecule has 0 aliphatic heterocycles. The molecule has 0 bridgehead atoms. The Labute approximate surface area is 75.9 Å². The van der Waals surface area contributed by atoms with Crippen molar-refractivity contribution in [2.45, 2.75) is 6.61 Å². The van der Waals surface area contributed by atoms with E-state index < -0.39 is 0 Å². The molecule has 0 spiro atoms. The Hall–Kier alpha value is -0.240. The molecule has 0 N–H and O–H groups in total. The second-order valence-electron chi connectivity index (χ2n) is 2.17. The van der Waals surface area contributed by atoms with Crippen LogP contribution in [0.3, 0.4) is 0 Å². The van der Waals surface area contributed by atoms with Crippen LogP contribution in [0, 0.1) is 0 Å². The minimum atomic E-state index is 0.524. The Morgan fingerprint density at radius 3 is 2.64 bits per heavy atom. The van der Waals surface area contributed by atoms with E-state index in [4.69, 9.17) is 27.9 Å². The standard InChI is InChI=1S/C8H8Cl2O/c1-11-5-6-2-3-7(9)4-8(6)10/h2-4H,5H2,1H3. The third-order valence-corrected chi connectivity index (χ3v) is 1.90. The van der Waals surface area contributed by atoms with Crippen LogP contribution >= 0.6 is 23.2 Å². The predicted octanol–water partition coefficient (Wildman–Crippen LogP) is 3.14. The molecule has 1 aromatic carbocycles. The Morgan fingerprint density at radius 1 is 1.36 bits per heavy atom. The van der Waals surface area contributed by atoms with Gasteiger partial charge in [0.25, 0.3) is 0 Å². The molecule has 0 saturated carbocycles. The first-order chi connectivity index (χ1) is 5.24. The van der Waals surface area contributed by atoms with Crippen molar-refractivity contribution in [3.05, 3.63) is 33.8 Å². The molecule has 11 heavy (non-hydrogen) atoms. The van der Waals surface area contributed by atoms with Gasteiger partial charge in [0.05, 0.1) is 6.61 Å². The lowest BCUT2D eigenvalue weighted by Gasteiger charge is -2.01. The normalized spacial score (nSPS) is 10.1. The molecular weight excluding hydrogens is 183 g/mol. The third-order valence-electron chi connectivity index (χ3n) is 1.31. The molecule has 0 amide bonds. The number of ether oxygens (including phenoxy) is 1. The first-order valence-electron chi connectivity index (χ1n) is 3.17. The van der Waals surface area contributed by atoms with Crippen LogP contribution in [0.4, 0.5) is 0 Å². The number of halogens is 2. The molecule has 0 unspecified atom stereocenters. The number of rotatable bonds is 2. The molecule has 0 radical (unpaired) electrons. The number of benzene rings is 1. The minimum absolute atomic E-state index is 0.524. The smallest absolute Gasteiger partial charge is 0.0727 e. The molecule has 0 aliphatic rings. The number of hydrogen-bond donors (Lipinski definition) is 0. The molecule has 3 heteroatoms. The summed E-state index contributed by atoms with van der Waals surface area (Å²) in [4.78, 5) is 0. The lowest BCUT2D eigenvalue weighted by atomic mass is 10.2. The molecule has 0 aliphatic carbocycles. The molecule has 60 valence electrons. The SMILES string of the molecule is COCc1ccc(Cl)cc1Cl. The van der Waals surface area contributed by atoms with Gasteiger partial charge in [0.1, 0.15) is 0 Å². The summed E-state index contributed by atoms with van der Waals surface area (Å²) in [7, 11) is 1.63. The molecule has 0 heterocycles. The summed E-state index contributed by atoms with van der Waals surface area (Å²) in [6.07, 6.45) is 0. The van der Waals surface area contributed by atoms with Crippen LogP contribution in [-0.2, 0) is 11.3 Å². The Balaban J connectivity index is 2.90. The quantitative estimate of drug-likeness (QED) is 0.697. The van der Waals surface area contributed by atoms with E-state index in [1.54, 1.807) is 19.2 Å². The van der Waals surface area contributed by atoms with Crippen molar-refractivity contribution in [3.63, 3.8) is 0 Å². The maximum Gasteiger partial charge on any atom is 0.0727 e. The summed E-state index contributed by atoms with van der Waals surface area (Å²) in [5.41, 5.74) is 0.957. The van der Waals surface area contributed by atoms with Crippen LogP contribution < -0.4 is 0 Å². The zero-order valence-electron chi connectivity index (χ0n) is 6.10. The summed E-state index contributed by atoms with van der Waals surface area (Å²) in [5.74, 6) is 0. The van der Waals surface area contributed by atoms with Gasteiger partial charge in [-0.1, -0.05) is 29.3 Å².